The van der Waals surface area contributed by atoms with Crippen LogP contribution in [-0.4, -0.2) is 59.4 Å². The summed E-state index contributed by atoms with van der Waals surface area (Å²) in [5.41, 5.74) is 0.271. The standard InChI is InChI=1S/C29H31F4N3O4/c1-18(29(31,32)33)36(15-20-6-8-22(30)9-7-20)26(38)16-35-17-40-28(27(35)39)24-11-10-23(12-21(24)13-25(28)37)34-14-19-4-2-3-5-19/h6-12,18-19,34H,2-5,13-17H2,1H3/t18?,28-/m1/s1. The SMILES string of the molecule is CC(N(Cc1ccc(F)cc1)C(=O)CN1CO[C@]2(C(=O)Cc3cc(NCC4CCCC4)ccc32)C1=O)C(F)(F)F. The van der Waals surface area contributed by atoms with Crippen LogP contribution in [-0.2, 0) is 37.7 Å². The highest BCUT2D eigenvalue weighted by atomic mass is 19.4. The van der Waals surface area contributed by atoms with Crippen molar-refractivity contribution in [1.29, 1.82) is 0 Å². The number of carbonyl (C=O) groups excluding carboxylic acids is 3. The highest BCUT2D eigenvalue weighted by Gasteiger charge is 2.59. The number of hydrogen-bond acceptors (Lipinski definition) is 5. The molecule has 5 rings (SSSR count). The summed E-state index contributed by atoms with van der Waals surface area (Å²) in [7, 11) is 0. The first-order valence-electron chi connectivity index (χ1n) is 13.4. The molecule has 0 radical (unpaired) electrons. The van der Waals surface area contributed by atoms with Crippen LogP contribution in [0.4, 0.5) is 23.2 Å². The Kier molecular flexibility index (Phi) is 7.60. The number of ether oxygens (including phenoxy) is 1. The van der Waals surface area contributed by atoms with Crippen LogP contribution in [0, 0.1) is 11.7 Å². The molecule has 2 aliphatic carbocycles. The molecule has 1 N–H and O–H groups in total. The number of fused-ring (bicyclic) bond motifs is 2. The minimum absolute atomic E-state index is 0.0242. The molecule has 7 nitrogen and oxygen atoms in total. The van der Waals surface area contributed by atoms with Crippen molar-refractivity contribution in [2.24, 2.45) is 5.92 Å². The molecule has 1 saturated carbocycles. The lowest BCUT2D eigenvalue weighted by Crippen LogP contribution is -2.51. The molecule has 0 aromatic heterocycles. The Labute approximate surface area is 229 Å². The number of anilines is 1. The third kappa shape index (κ3) is 5.31. The smallest absolute Gasteiger partial charge is 0.385 e. The highest BCUT2D eigenvalue weighted by molar-refractivity contribution is 6.15. The van der Waals surface area contributed by atoms with Gasteiger partial charge in [0, 0.05) is 30.8 Å². The molecule has 214 valence electrons. The molecule has 40 heavy (non-hydrogen) atoms. The minimum atomic E-state index is -4.73. The van der Waals surface area contributed by atoms with Gasteiger partial charge in [-0.25, -0.2) is 4.39 Å². The first kappa shape index (κ1) is 28.1. The molecule has 2 amide bonds. The fourth-order valence-corrected chi connectivity index (χ4v) is 5.80. The molecule has 0 bridgehead atoms. The molecule has 2 atom stereocenters. The molecule has 1 aliphatic heterocycles. The summed E-state index contributed by atoms with van der Waals surface area (Å²) in [4.78, 5) is 41.4. The summed E-state index contributed by atoms with van der Waals surface area (Å²) in [5, 5.41) is 3.40. The summed E-state index contributed by atoms with van der Waals surface area (Å²) in [6.45, 7) is 0.120. The van der Waals surface area contributed by atoms with E-state index in [2.05, 4.69) is 5.32 Å². The minimum Gasteiger partial charge on any atom is -0.385 e. The Balaban J connectivity index is 1.31. The second-order valence-corrected chi connectivity index (χ2v) is 10.8. The molecule has 11 heteroatoms. The summed E-state index contributed by atoms with van der Waals surface area (Å²) in [6.07, 6.45) is 0.0607. The fraction of sp³-hybridized carbons (Fsp3) is 0.483. The lowest BCUT2D eigenvalue weighted by Gasteiger charge is -2.32. The predicted octanol–water partition coefficient (Wildman–Crippen LogP) is 4.54. The number of ketones is 1. The van der Waals surface area contributed by atoms with Crippen LogP contribution < -0.4 is 5.32 Å². The Morgan fingerprint density at radius 3 is 2.52 bits per heavy atom. The molecule has 1 saturated heterocycles. The Bertz CT molecular complexity index is 1290. The highest BCUT2D eigenvalue weighted by Crippen LogP contribution is 2.43. The van der Waals surface area contributed by atoms with Crippen LogP contribution in [0.5, 0.6) is 0 Å². The summed E-state index contributed by atoms with van der Waals surface area (Å²) >= 11 is 0. The van der Waals surface area contributed by atoms with Crippen molar-refractivity contribution < 1.29 is 36.7 Å². The number of amides is 2. The maximum absolute atomic E-state index is 13.6. The van der Waals surface area contributed by atoms with Gasteiger partial charge in [0.1, 0.15) is 25.1 Å². The number of alkyl halides is 3. The number of benzene rings is 2. The van der Waals surface area contributed by atoms with E-state index >= 15 is 0 Å². The van der Waals surface area contributed by atoms with E-state index in [0.29, 0.717) is 27.5 Å². The van der Waals surface area contributed by atoms with Crippen LogP contribution >= 0.6 is 0 Å². The quantitative estimate of drug-likeness (QED) is 0.378. The second kappa shape index (κ2) is 10.8. The van der Waals surface area contributed by atoms with Crippen molar-refractivity contribution in [2.45, 2.75) is 63.4 Å². The Morgan fingerprint density at radius 2 is 1.85 bits per heavy atom. The molecular weight excluding hydrogens is 530 g/mol. The van der Waals surface area contributed by atoms with Gasteiger partial charge in [-0.05, 0) is 61.1 Å². The van der Waals surface area contributed by atoms with Gasteiger partial charge in [0.15, 0.2) is 5.78 Å². The monoisotopic (exact) mass is 561 g/mol. The molecule has 3 aliphatic rings. The van der Waals surface area contributed by atoms with E-state index in [-0.39, 0.29) is 6.42 Å². The zero-order chi connectivity index (χ0) is 28.7. The molecule has 2 aromatic carbocycles. The molecule has 2 aromatic rings. The molecular formula is C29H31F4N3O4. The van der Waals surface area contributed by atoms with Gasteiger partial charge in [-0.3, -0.25) is 14.4 Å². The fourth-order valence-electron chi connectivity index (χ4n) is 5.80. The topological polar surface area (TPSA) is 79.0 Å². The average Bonchev–Trinajstić information content (AvgIpc) is 3.61. The number of Topliss-reactive ketones (excluding diaryl/α,β-unsaturated/α-hetero) is 1. The van der Waals surface area contributed by atoms with Gasteiger partial charge in [0.05, 0.1) is 0 Å². The number of rotatable bonds is 8. The van der Waals surface area contributed by atoms with E-state index in [0.717, 1.165) is 36.2 Å². The van der Waals surface area contributed by atoms with Crippen LogP contribution in [0.15, 0.2) is 42.5 Å². The zero-order valence-electron chi connectivity index (χ0n) is 22.1. The lowest BCUT2D eigenvalue weighted by atomic mass is 9.94. The van der Waals surface area contributed by atoms with Crippen LogP contribution in [0.1, 0.15) is 49.3 Å². The second-order valence-electron chi connectivity index (χ2n) is 10.8. The van der Waals surface area contributed by atoms with Gasteiger partial charge in [0.25, 0.3) is 5.91 Å². The van der Waals surface area contributed by atoms with Gasteiger partial charge < -0.3 is 19.9 Å². The van der Waals surface area contributed by atoms with E-state index in [1.54, 1.807) is 12.1 Å². The van der Waals surface area contributed by atoms with E-state index in [4.69, 9.17) is 4.74 Å². The van der Waals surface area contributed by atoms with Crippen molar-refractivity contribution in [3.05, 3.63) is 65.0 Å². The predicted molar refractivity (Wildman–Crippen MR) is 137 cm³/mol. The third-order valence-corrected chi connectivity index (χ3v) is 8.18. The molecule has 1 heterocycles. The van der Waals surface area contributed by atoms with Gasteiger partial charge in [-0.1, -0.05) is 31.0 Å². The largest absolute Gasteiger partial charge is 0.408 e. The van der Waals surface area contributed by atoms with Gasteiger partial charge >= 0.3 is 6.18 Å². The van der Waals surface area contributed by atoms with Crippen LogP contribution in [0.3, 0.4) is 0 Å². The van der Waals surface area contributed by atoms with E-state index in [1.165, 1.54) is 37.8 Å². The van der Waals surface area contributed by atoms with Crippen molar-refractivity contribution in [3.63, 3.8) is 0 Å². The third-order valence-electron chi connectivity index (χ3n) is 8.18. The van der Waals surface area contributed by atoms with Gasteiger partial charge in [-0.15, -0.1) is 0 Å². The van der Waals surface area contributed by atoms with E-state index < -0.39 is 61.1 Å². The summed E-state index contributed by atoms with van der Waals surface area (Å²) in [5.74, 6) is -2.16. The Morgan fingerprint density at radius 1 is 1.15 bits per heavy atom. The van der Waals surface area contributed by atoms with Crippen molar-refractivity contribution in [3.8, 4) is 0 Å². The zero-order valence-corrected chi connectivity index (χ0v) is 22.1. The number of halogens is 4. The average molecular weight is 562 g/mol. The molecule has 1 spiro atoms. The van der Waals surface area contributed by atoms with Crippen molar-refractivity contribution in [1.82, 2.24) is 9.80 Å². The molecule has 1 unspecified atom stereocenters. The van der Waals surface area contributed by atoms with Crippen LogP contribution in [0.25, 0.3) is 0 Å². The number of nitrogens with zero attached hydrogens (tertiary/aromatic N) is 2. The Hall–Kier alpha value is -3.47. The lowest BCUT2D eigenvalue weighted by molar-refractivity contribution is -0.187. The molecule has 2 fully saturated rings. The first-order valence-corrected chi connectivity index (χ1v) is 13.4. The normalized spacial score (nSPS) is 21.8. The maximum Gasteiger partial charge on any atom is 0.408 e. The van der Waals surface area contributed by atoms with E-state index in [9.17, 15) is 31.9 Å². The van der Waals surface area contributed by atoms with Crippen molar-refractivity contribution >= 4 is 23.3 Å². The maximum atomic E-state index is 13.6. The number of nitrogens with one attached hydrogen (secondary N) is 1. The summed E-state index contributed by atoms with van der Waals surface area (Å²) < 4.78 is 60.0. The first-order chi connectivity index (χ1) is 19.0. The summed E-state index contributed by atoms with van der Waals surface area (Å²) in [6, 6.07) is 7.90. The van der Waals surface area contributed by atoms with Gasteiger partial charge in [0.2, 0.25) is 11.5 Å². The van der Waals surface area contributed by atoms with Crippen LogP contribution in [0.2, 0.25) is 0 Å². The van der Waals surface area contributed by atoms with E-state index in [1.807, 2.05) is 6.07 Å². The number of carbonyl (C=O) groups is 3. The number of hydrogen-bond donors (Lipinski definition) is 1. The van der Waals surface area contributed by atoms with Gasteiger partial charge in [-0.2, -0.15) is 13.2 Å². The van der Waals surface area contributed by atoms with Crippen molar-refractivity contribution in [2.75, 3.05) is 25.1 Å².